The first-order valence-corrected chi connectivity index (χ1v) is 7.79. The minimum Gasteiger partial charge on any atom is -0.293 e. The van der Waals surface area contributed by atoms with Gasteiger partial charge in [0.1, 0.15) is 0 Å². The highest BCUT2D eigenvalue weighted by Gasteiger charge is 2.11. The van der Waals surface area contributed by atoms with Gasteiger partial charge in [-0.2, -0.15) is 11.8 Å². The van der Waals surface area contributed by atoms with Crippen LogP contribution in [0.1, 0.15) is 24.2 Å². The second-order valence-corrected chi connectivity index (χ2v) is 6.42. The molecule has 0 radical (unpaired) electrons. The lowest BCUT2D eigenvalue weighted by Gasteiger charge is -2.05. The number of carbonyl (C=O) groups excluding carboxylic acids is 1. The predicted molar refractivity (Wildman–Crippen MR) is 78.3 cm³/mol. The molecule has 0 atom stereocenters. The molecule has 0 amide bonds. The predicted octanol–water partition coefficient (Wildman–Crippen LogP) is 4.47. The SMILES string of the molecule is CC(C)CSCC(=O)c1cccc2ccsc12. The number of hydrogen-bond donors (Lipinski definition) is 0. The number of Topliss-reactive ketones (excluding diaryl/α,β-unsaturated/α-hetero) is 1. The van der Waals surface area contributed by atoms with E-state index in [2.05, 4.69) is 26.0 Å². The van der Waals surface area contributed by atoms with Crippen molar-refractivity contribution in [2.75, 3.05) is 11.5 Å². The van der Waals surface area contributed by atoms with Crippen LogP contribution < -0.4 is 0 Å². The second kappa shape index (κ2) is 5.69. The Balaban J connectivity index is 2.11. The quantitative estimate of drug-likeness (QED) is 0.741. The molecule has 3 heteroatoms. The molecule has 0 aliphatic carbocycles. The van der Waals surface area contributed by atoms with Gasteiger partial charge in [-0.25, -0.2) is 0 Å². The third-order valence-corrected chi connectivity index (χ3v) is 4.80. The van der Waals surface area contributed by atoms with E-state index in [1.165, 1.54) is 5.39 Å². The molecule has 0 N–H and O–H groups in total. The minimum atomic E-state index is 0.253. The van der Waals surface area contributed by atoms with E-state index in [0.717, 1.165) is 16.0 Å². The highest BCUT2D eigenvalue weighted by molar-refractivity contribution is 7.99. The second-order valence-electron chi connectivity index (χ2n) is 4.48. The Bertz CT molecular complexity index is 514. The van der Waals surface area contributed by atoms with Crippen LogP contribution in [0, 0.1) is 5.92 Å². The molecular formula is C14H16OS2. The summed E-state index contributed by atoms with van der Waals surface area (Å²) in [6.07, 6.45) is 0. The normalized spacial score (nSPS) is 11.2. The van der Waals surface area contributed by atoms with Gasteiger partial charge in [0.15, 0.2) is 5.78 Å². The number of carbonyl (C=O) groups is 1. The summed E-state index contributed by atoms with van der Waals surface area (Å²) in [5.41, 5.74) is 0.883. The molecule has 1 heterocycles. The van der Waals surface area contributed by atoms with E-state index in [1.54, 1.807) is 23.1 Å². The van der Waals surface area contributed by atoms with Crippen molar-refractivity contribution in [2.45, 2.75) is 13.8 Å². The van der Waals surface area contributed by atoms with Crippen LogP contribution >= 0.6 is 23.1 Å². The molecular weight excluding hydrogens is 248 g/mol. The Morgan fingerprint density at radius 3 is 2.94 bits per heavy atom. The zero-order valence-electron chi connectivity index (χ0n) is 10.1. The van der Waals surface area contributed by atoms with Gasteiger partial charge in [-0.1, -0.05) is 26.0 Å². The maximum Gasteiger partial charge on any atom is 0.174 e. The van der Waals surface area contributed by atoms with Crippen LogP contribution in [0.3, 0.4) is 0 Å². The number of thiophene rings is 1. The molecule has 2 rings (SSSR count). The number of fused-ring (bicyclic) bond motifs is 1. The van der Waals surface area contributed by atoms with Crippen LogP contribution in [0.5, 0.6) is 0 Å². The Kier molecular flexibility index (Phi) is 4.24. The third kappa shape index (κ3) is 3.11. The Labute approximate surface area is 110 Å². The molecule has 0 aliphatic heterocycles. The smallest absolute Gasteiger partial charge is 0.174 e. The van der Waals surface area contributed by atoms with Gasteiger partial charge >= 0.3 is 0 Å². The van der Waals surface area contributed by atoms with Gasteiger partial charge in [0.2, 0.25) is 0 Å². The van der Waals surface area contributed by atoms with Crippen molar-refractivity contribution in [2.24, 2.45) is 5.92 Å². The topological polar surface area (TPSA) is 17.1 Å². The van der Waals surface area contributed by atoms with E-state index >= 15 is 0 Å². The molecule has 0 bridgehead atoms. The highest BCUT2D eigenvalue weighted by Crippen LogP contribution is 2.25. The van der Waals surface area contributed by atoms with Gasteiger partial charge < -0.3 is 0 Å². The molecule has 0 saturated heterocycles. The van der Waals surface area contributed by atoms with E-state index < -0.39 is 0 Å². The molecule has 0 unspecified atom stereocenters. The van der Waals surface area contributed by atoms with Crippen LogP contribution in [0.25, 0.3) is 10.1 Å². The van der Waals surface area contributed by atoms with Crippen molar-refractivity contribution in [1.29, 1.82) is 0 Å². The van der Waals surface area contributed by atoms with Gasteiger partial charge in [-0.15, -0.1) is 11.3 Å². The average molecular weight is 264 g/mol. The lowest BCUT2D eigenvalue weighted by Crippen LogP contribution is -2.04. The van der Waals surface area contributed by atoms with Gasteiger partial charge in [-0.05, 0) is 34.6 Å². The standard InChI is InChI=1S/C14H16OS2/c1-10(2)8-16-9-13(15)12-5-3-4-11-6-7-17-14(11)12/h3-7,10H,8-9H2,1-2H3. The molecule has 0 spiro atoms. The third-order valence-electron chi connectivity index (χ3n) is 2.46. The summed E-state index contributed by atoms with van der Waals surface area (Å²) in [5, 5.41) is 3.22. The van der Waals surface area contributed by atoms with E-state index in [4.69, 9.17) is 0 Å². The van der Waals surface area contributed by atoms with Crippen molar-refractivity contribution in [3.05, 3.63) is 35.2 Å². The van der Waals surface area contributed by atoms with Gasteiger partial charge in [-0.3, -0.25) is 4.79 Å². The molecule has 2 aromatic rings. The monoisotopic (exact) mass is 264 g/mol. The molecule has 1 nitrogen and oxygen atoms in total. The van der Waals surface area contributed by atoms with Gasteiger partial charge in [0.25, 0.3) is 0 Å². The maximum absolute atomic E-state index is 12.1. The largest absolute Gasteiger partial charge is 0.293 e. The fraction of sp³-hybridized carbons (Fsp3) is 0.357. The van der Waals surface area contributed by atoms with Crippen molar-refractivity contribution >= 4 is 39.0 Å². The zero-order chi connectivity index (χ0) is 12.3. The maximum atomic E-state index is 12.1. The first-order valence-electron chi connectivity index (χ1n) is 5.75. The van der Waals surface area contributed by atoms with E-state index in [1.807, 2.05) is 17.5 Å². The summed E-state index contributed by atoms with van der Waals surface area (Å²) in [5.74, 6) is 2.54. The fourth-order valence-electron chi connectivity index (χ4n) is 1.68. The fourth-order valence-corrected chi connectivity index (χ4v) is 3.54. The number of thioether (sulfide) groups is 1. The Morgan fingerprint density at radius 1 is 1.35 bits per heavy atom. The number of ketones is 1. The summed E-state index contributed by atoms with van der Waals surface area (Å²) in [6.45, 7) is 4.36. The van der Waals surface area contributed by atoms with Crippen molar-refractivity contribution in [1.82, 2.24) is 0 Å². The van der Waals surface area contributed by atoms with Crippen molar-refractivity contribution < 1.29 is 4.79 Å². The number of hydrogen-bond acceptors (Lipinski definition) is 3. The lowest BCUT2D eigenvalue weighted by atomic mass is 10.1. The van der Waals surface area contributed by atoms with Crippen molar-refractivity contribution in [3.8, 4) is 0 Å². The first-order chi connectivity index (χ1) is 8.18. The average Bonchev–Trinajstić information content (AvgIpc) is 2.75. The number of benzene rings is 1. The molecule has 0 saturated carbocycles. The Hall–Kier alpha value is -0.800. The van der Waals surface area contributed by atoms with Gasteiger partial charge in [0, 0.05) is 10.3 Å². The van der Waals surface area contributed by atoms with E-state index in [0.29, 0.717) is 11.7 Å². The summed E-state index contributed by atoms with van der Waals surface area (Å²) in [7, 11) is 0. The summed E-state index contributed by atoms with van der Waals surface area (Å²) in [6, 6.07) is 8.04. The highest BCUT2D eigenvalue weighted by atomic mass is 32.2. The van der Waals surface area contributed by atoms with Crippen molar-refractivity contribution in [3.63, 3.8) is 0 Å². The molecule has 90 valence electrons. The molecule has 1 aromatic carbocycles. The summed E-state index contributed by atoms with van der Waals surface area (Å²) >= 11 is 3.38. The lowest BCUT2D eigenvalue weighted by molar-refractivity contribution is 0.102. The Morgan fingerprint density at radius 2 is 2.18 bits per heavy atom. The first kappa shape index (κ1) is 12.7. The van der Waals surface area contributed by atoms with E-state index in [9.17, 15) is 4.79 Å². The molecule has 0 fully saturated rings. The van der Waals surface area contributed by atoms with E-state index in [-0.39, 0.29) is 5.78 Å². The molecule has 1 aromatic heterocycles. The minimum absolute atomic E-state index is 0.253. The number of rotatable bonds is 5. The molecule has 17 heavy (non-hydrogen) atoms. The van der Waals surface area contributed by atoms with Crippen LogP contribution in [-0.4, -0.2) is 17.3 Å². The molecule has 0 aliphatic rings. The van der Waals surface area contributed by atoms with Crippen LogP contribution in [0.15, 0.2) is 29.6 Å². The van der Waals surface area contributed by atoms with Crippen LogP contribution in [0.2, 0.25) is 0 Å². The summed E-state index contributed by atoms with van der Waals surface area (Å²) in [4.78, 5) is 12.1. The van der Waals surface area contributed by atoms with Gasteiger partial charge in [0.05, 0.1) is 5.75 Å². The zero-order valence-corrected chi connectivity index (χ0v) is 11.7. The van der Waals surface area contributed by atoms with Crippen LogP contribution in [0.4, 0.5) is 0 Å². The van der Waals surface area contributed by atoms with Crippen LogP contribution in [-0.2, 0) is 0 Å². The summed E-state index contributed by atoms with van der Waals surface area (Å²) < 4.78 is 1.13.